The smallest absolute Gasteiger partial charge is 0.354 e. The molecular weight excluding hydrogens is 454 g/mol. The third-order valence-corrected chi connectivity index (χ3v) is 6.53. The number of aromatic nitrogens is 2. The molecule has 0 saturated heterocycles. The standard InChI is InChI=1S/C25H19N3O5S/c1-16-5-8-19-4-3-13-26-23(19)24(16)34(31,32)28-22-14-20(33-2)11-10-18(22)9-6-17-7-12-21(25(29)30)27-15-17/h3-5,7-8,10-15,28H,1-2H3,(H,29,30). The second-order valence-electron chi connectivity index (χ2n) is 7.29. The molecule has 8 nitrogen and oxygen atoms in total. The zero-order valence-corrected chi connectivity index (χ0v) is 19.1. The van der Waals surface area contributed by atoms with Crippen LogP contribution in [0, 0.1) is 18.8 Å². The Bertz CT molecular complexity index is 1570. The molecule has 4 aromatic rings. The molecule has 0 radical (unpaired) electrons. The molecule has 0 bridgehead atoms. The number of pyridine rings is 2. The average molecular weight is 474 g/mol. The van der Waals surface area contributed by atoms with Crippen LogP contribution in [0.5, 0.6) is 5.75 Å². The summed E-state index contributed by atoms with van der Waals surface area (Å²) in [7, 11) is -2.55. The summed E-state index contributed by atoms with van der Waals surface area (Å²) < 4.78 is 34.8. The Labute approximate surface area is 196 Å². The number of nitrogens with one attached hydrogen (secondary N) is 1. The predicted molar refractivity (Wildman–Crippen MR) is 127 cm³/mol. The van der Waals surface area contributed by atoms with E-state index in [-0.39, 0.29) is 16.3 Å². The zero-order valence-electron chi connectivity index (χ0n) is 18.2. The fourth-order valence-electron chi connectivity index (χ4n) is 3.33. The largest absolute Gasteiger partial charge is 0.497 e. The minimum Gasteiger partial charge on any atom is -0.497 e. The number of methoxy groups -OCH3 is 1. The van der Waals surface area contributed by atoms with Crippen molar-refractivity contribution in [2.45, 2.75) is 11.8 Å². The maximum Gasteiger partial charge on any atom is 0.354 e. The van der Waals surface area contributed by atoms with Crippen LogP contribution in [-0.2, 0) is 10.0 Å². The number of hydrogen-bond donors (Lipinski definition) is 2. The SMILES string of the molecule is COc1ccc(C#Cc2ccc(C(=O)O)nc2)c(NS(=O)(=O)c2c(C)ccc3cccnc23)c1. The van der Waals surface area contributed by atoms with Crippen molar-refractivity contribution in [2.24, 2.45) is 0 Å². The topological polar surface area (TPSA) is 118 Å². The quantitative estimate of drug-likeness (QED) is 0.423. The summed E-state index contributed by atoms with van der Waals surface area (Å²) in [6.45, 7) is 1.71. The molecule has 0 atom stereocenters. The van der Waals surface area contributed by atoms with E-state index >= 15 is 0 Å². The van der Waals surface area contributed by atoms with Gasteiger partial charge in [0.25, 0.3) is 10.0 Å². The number of carboxylic acids is 1. The minimum absolute atomic E-state index is 0.0841. The highest BCUT2D eigenvalue weighted by molar-refractivity contribution is 7.93. The lowest BCUT2D eigenvalue weighted by Gasteiger charge is -2.14. The van der Waals surface area contributed by atoms with Crippen molar-refractivity contribution >= 4 is 32.6 Å². The monoisotopic (exact) mass is 473 g/mol. The Balaban J connectivity index is 1.76. The van der Waals surface area contributed by atoms with Crippen molar-refractivity contribution in [3.8, 4) is 17.6 Å². The summed E-state index contributed by atoms with van der Waals surface area (Å²) in [4.78, 5) is 19.2. The molecule has 0 aliphatic heterocycles. The predicted octanol–water partition coefficient (Wildman–Crippen LogP) is 3.85. The van der Waals surface area contributed by atoms with Crippen LogP contribution in [0.3, 0.4) is 0 Å². The highest BCUT2D eigenvalue weighted by atomic mass is 32.2. The van der Waals surface area contributed by atoms with Crippen LogP contribution in [0.2, 0.25) is 0 Å². The van der Waals surface area contributed by atoms with Crippen LogP contribution in [0.15, 0.2) is 71.9 Å². The van der Waals surface area contributed by atoms with Gasteiger partial charge in [0.05, 0.1) is 18.3 Å². The molecule has 0 amide bonds. The summed E-state index contributed by atoms with van der Waals surface area (Å²) >= 11 is 0. The number of anilines is 1. The van der Waals surface area contributed by atoms with Crippen LogP contribution >= 0.6 is 0 Å². The number of carboxylic acid groups (broad SMARTS) is 1. The fraction of sp³-hybridized carbons (Fsp3) is 0.0800. The first kappa shape index (κ1) is 22.8. The van der Waals surface area contributed by atoms with E-state index in [0.717, 1.165) is 0 Å². The van der Waals surface area contributed by atoms with Gasteiger partial charge in [0, 0.05) is 35.0 Å². The van der Waals surface area contributed by atoms with Crippen molar-refractivity contribution in [1.82, 2.24) is 9.97 Å². The molecule has 2 aromatic carbocycles. The summed E-state index contributed by atoms with van der Waals surface area (Å²) in [5, 5.41) is 9.68. The number of nitrogens with zero attached hydrogens (tertiary/aromatic N) is 2. The Kier molecular flexibility index (Phi) is 6.17. The molecular formula is C25H19N3O5S. The maximum atomic E-state index is 13.5. The summed E-state index contributed by atoms with van der Waals surface area (Å²) in [6.07, 6.45) is 2.89. The van der Waals surface area contributed by atoms with E-state index in [2.05, 4.69) is 26.5 Å². The van der Waals surface area contributed by atoms with E-state index < -0.39 is 16.0 Å². The summed E-state index contributed by atoms with van der Waals surface area (Å²) in [6, 6.07) is 14.8. The van der Waals surface area contributed by atoms with Gasteiger partial charge in [-0.25, -0.2) is 18.2 Å². The third kappa shape index (κ3) is 4.67. The molecule has 0 aliphatic carbocycles. The first-order valence-electron chi connectivity index (χ1n) is 10.0. The van der Waals surface area contributed by atoms with Crippen molar-refractivity contribution in [3.05, 3.63) is 89.4 Å². The van der Waals surface area contributed by atoms with Crippen molar-refractivity contribution in [2.75, 3.05) is 11.8 Å². The molecule has 170 valence electrons. The van der Waals surface area contributed by atoms with Gasteiger partial charge in [-0.3, -0.25) is 9.71 Å². The molecule has 0 fully saturated rings. The average Bonchev–Trinajstić information content (AvgIpc) is 2.82. The van der Waals surface area contributed by atoms with Gasteiger partial charge in [-0.2, -0.15) is 0 Å². The number of carbonyl (C=O) groups is 1. The molecule has 0 saturated carbocycles. The van der Waals surface area contributed by atoms with Crippen LogP contribution in [0.4, 0.5) is 5.69 Å². The van der Waals surface area contributed by atoms with Gasteiger partial charge in [0.2, 0.25) is 0 Å². The summed E-state index contributed by atoms with van der Waals surface area (Å²) in [5.41, 5.74) is 1.94. The lowest BCUT2D eigenvalue weighted by atomic mass is 10.1. The van der Waals surface area contributed by atoms with Gasteiger partial charge in [-0.05, 0) is 42.8 Å². The van der Waals surface area contributed by atoms with E-state index in [1.165, 1.54) is 25.4 Å². The van der Waals surface area contributed by atoms with Crippen LogP contribution in [-0.4, -0.2) is 36.6 Å². The first-order valence-corrected chi connectivity index (χ1v) is 11.5. The molecule has 9 heteroatoms. The van der Waals surface area contributed by atoms with Crippen LogP contribution in [0.1, 0.15) is 27.2 Å². The van der Waals surface area contributed by atoms with Gasteiger partial charge in [-0.15, -0.1) is 0 Å². The number of rotatable bonds is 5. The Morgan fingerprint density at radius 2 is 1.88 bits per heavy atom. The lowest BCUT2D eigenvalue weighted by molar-refractivity contribution is 0.0690. The lowest BCUT2D eigenvalue weighted by Crippen LogP contribution is -2.16. The van der Waals surface area contributed by atoms with E-state index in [1.807, 2.05) is 6.07 Å². The molecule has 0 aliphatic rings. The van der Waals surface area contributed by atoms with Crippen LogP contribution in [0.25, 0.3) is 10.9 Å². The molecule has 0 spiro atoms. The molecule has 2 N–H and O–H groups in total. The number of fused-ring (bicyclic) bond motifs is 1. The third-order valence-electron chi connectivity index (χ3n) is 4.99. The van der Waals surface area contributed by atoms with E-state index in [4.69, 9.17) is 9.84 Å². The molecule has 4 rings (SSSR count). The number of aryl methyl sites for hydroxylation is 1. The second-order valence-corrected chi connectivity index (χ2v) is 8.91. The Hall–Kier alpha value is -4.42. The maximum absolute atomic E-state index is 13.5. The molecule has 2 aromatic heterocycles. The van der Waals surface area contributed by atoms with Gasteiger partial charge < -0.3 is 9.84 Å². The molecule has 2 heterocycles. The molecule has 0 unspecified atom stereocenters. The number of sulfonamides is 1. The molecule has 34 heavy (non-hydrogen) atoms. The van der Waals surface area contributed by atoms with Crippen molar-refractivity contribution in [3.63, 3.8) is 0 Å². The van der Waals surface area contributed by atoms with Crippen molar-refractivity contribution < 1.29 is 23.1 Å². The number of benzene rings is 2. The van der Waals surface area contributed by atoms with Crippen LogP contribution < -0.4 is 9.46 Å². The van der Waals surface area contributed by atoms with Gasteiger partial charge in [0.15, 0.2) is 0 Å². The van der Waals surface area contributed by atoms with Gasteiger partial charge >= 0.3 is 5.97 Å². The number of hydrogen-bond acceptors (Lipinski definition) is 6. The minimum atomic E-state index is -4.03. The van der Waals surface area contributed by atoms with E-state index in [9.17, 15) is 13.2 Å². The van der Waals surface area contributed by atoms with Gasteiger partial charge in [0.1, 0.15) is 16.3 Å². The normalized spacial score (nSPS) is 10.9. The second kappa shape index (κ2) is 9.21. The highest BCUT2D eigenvalue weighted by Crippen LogP contribution is 2.29. The number of aromatic carboxylic acids is 1. The number of ether oxygens (including phenoxy) is 1. The first-order chi connectivity index (χ1) is 16.3. The van der Waals surface area contributed by atoms with Crippen molar-refractivity contribution in [1.29, 1.82) is 0 Å². The summed E-state index contributed by atoms with van der Waals surface area (Å²) in [5.74, 6) is 5.11. The Morgan fingerprint density at radius 3 is 2.59 bits per heavy atom. The Morgan fingerprint density at radius 1 is 1.06 bits per heavy atom. The van der Waals surface area contributed by atoms with E-state index in [0.29, 0.717) is 33.3 Å². The van der Waals surface area contributed by atoms with E-state index in [1.54, 1.807) is 49.5 Å². The highest BCUT2D eigenvalue weighted by Gasteiger charge is 2.22. The van der Waals surface area contributed by atoms with Gasteiger partial charge in [-0.1, -0.05) is 30.0 Å². The zero-order chi connectivity index (χ0) is 24.3. The fourth-order valence-corrected chi connectivity index (χ4v) is 4.81.